The molecule has 0 spiro atoms. The molecule has 0 radical (unpaired) electrons. The van der Waals surface area contributed by atoms with Crippen LogP contribution in [0.5, 0.6) is 5.75 Å². The van der Waals surface area contributed by atoms with Gasteiger partial charge in [-0.2, -0.15) is 0 Å². The van der Waals surface area contributed by atoms with E-state index in [4.69, 9.17) is 9.84 Å². The summed E-state index contributed by atoms with van der Waals surface area (Å²) in [6, 6.07) is 7.13. The van der Waals surface area contributed by atoms with Gasteiger partial charge in [0.1, 0.15) is 5.75 Å². The van der Waals surface area contributed by atoms with Crippen molar-refractivity contribution in [2.24, 2.45) is 0 Å². The maximum atomic E-state index is 12.1. The van der Waals surface area contributed by atoms with Crippen molar-refractivity contribution in [1.29, 1.82) is 0 Å². The van der Waals surface area contributed by atoms with Crippen LogP contribution in [0.2, 0.25) is 0 Å². The largest absolute Gasteiger partial charge is 0.494 e. The molecule has 2 amide bonds. The van der Waals surface area contributed by atoms with E-state index in [1.165, 1.54) is 0 Å². The maximum absolute atomic E-state index is 12.1. The third kappa shape index (κ3) is 5.48. The van der Waals surface area contributed by atoms with Gasteiger partial charge in [0.25, 0.3) is 0 Å². The van der Waals surface area contributed by atoms with Gasteiger partial charge in [-0.25, -0.2) is 4.79 Å². The minimum atomic E-state index is -0.200. The van der Waals surface area contributed by atoms with Crippen LogP contribution in [0, 0.1) is 0 Å². The summed E-state index contributed by atoms with van der Waals surface area (Å²) in [5, 5.41) is 11.8. The van der Waals surface area contributed by atoms with Gasteiger partial charge in [0.2, 0.25) is 0 Å². The van der Waals surface area contributed by atoms with Crippen molar-refractivity contribution in [3.63, 3.8) is 0 Å². The lowest BCUT2D eigenvalue weighted by molar-refractivity contribution is 0.188. The predicted octanol–water partition coefficient (Wildman–Crippen LogP) is 2.71. The number of benzene rings is 1. The highest BCUT2D eigenvalue weighted by molar-refractivity contribution is 5.89. The van der Waals surface area contributed by atoms with Gasteiger partial charge in [0.05, 0.1) is 13.2 Å². The standard InChI is InChI=1S/C15H24N2O3/c1-3-8-17(9-10-18)15(19)16-13-6-5-7-14(12-13)20-11-4-2/h5-7,12,18H,3-4,8-11H2,1-2H3,(H,16,19). The second-order valence-electron chi connectivity index (χ2n) is 4.52. The van der Waals surface area contributed by atoms with E-state index in [1.807, 2.05) is 32.0 Å². The van der Waals surface area contributed by atoms with Crippen LogP contribution in [0.3, 0.4) is 0 Å². The first-order valence-corrected chi connectivity index (χ1v) is 7.10. The molecule has 0 heterocycles. The van der Waals surface area contributed by atoms with Crippen LogP contribution in [-0.2, 0) is 0 Å². The Bertz CT molecular complexity index is 404. The van der Waals surface area contributed by atoms with E-state index in [1.54, 1.807) is 11.0 Å². The van der Waals surface area contributed by atoms with E-state index in [2.05, 4.69) is 5.32 Å². The molecule has 0 aliphatic heterocycles. The first-order chi connectivity index (χ1) is 9.71. The summed E-state index contributed by atoms with van der Waals surface area (Å²) in [5.74, 6) is 0.744. The number of ether oxygens (including phenoxy) is 1. The van der Waals surface area contributed by atoms with Crippen molar-refractivity contribution < 1.29 is 14.6 Å². The summed E-state index contributed by atoms with van der Waals surface area (Å²) in [7, 11) is 0. The Labute approximate surface area is 120 Å². The first kappa shape index (κ1) is 16.3. The van der Waals surface area contributed by atoms with Crippen LogP contribution in [0.25, 0.3) is 0 Å². The van der Waals surface area contributed by atoms with E-state index >= 15 is 0 Å². The van der Waals surface area contributed by atoms with Crippen molar-refractivity contribution in [3.8, 4) is 5.75 Å². The normalized spacial score (nSPS) is 10.2. The van der Waals surface area contributed by atoms with Gasteiger partial charge in [0.15, 0.2) is 0 Å². The lowest BCUT2D eigenvalue weighted by Crippen LogP contribution is -2.37. The Morgan fingerprint density at radius 2 is 2.10 bits per heavy atom. The fourth-order valence-electron chi connectivity index (χ4n) is 1.79. The molecule has 1 aromatic rings. The zero-order chi connectivity index (χ0) is 14.8. The number of carbonyl (C=O) groups is 1. The average molecular weight is 280 g/mol. The van der Waals surface area contributed by atoms with Gasteiger partial charge in [-0.3, -0.25) is 0 Å². The summed E-state index contributed by atoms with van der Waals surface area (Å²) >= 11 is 0. The van der Waals surface area contributed by atoms with Gasteiger partial charge in [0, 0.05) is 24.8 Å². The molecule has 5 nitrogen and oxygen atoms in total. The lowest BCUT2D eigenvalue weighted by atomic mass is 10.3. The van der Waals surface area contributed by atoms with Gasteiger partial charge in [-0.05, 0) is 25.0 Å². The van der Waals surface area contributed by atoms with Crippen molar-refractivity contribution in [1.82, 2.24) is 4.90 Å². The Morgan fingerprint density at radius 1 is 1.30 bits per heavy atom. The minimum Gasteiger partial charge on any atom is -0.494 e. The second-order valence-corrected chi connectivity index (χ2v) is 4.52. The monoisotopic (exact) mass is 280 g/mol. The molecule has 0 saturated heterocycles. The Morgan fingerprint density at radius 3 is 2.75 bits per heavy atom. The summed E-state index contributed by atoms with van der Waals surface area (Å²) in [6.45, 7) is 5.63. The number of nitrogens with zero attached hydrogens (tertiary/aromatic N) is 1. The predicted molar refractivity (Wildman–Crippen MR) is 80.2 cm³/mol. The molecule has 0 aliphatic rings. The molecule has 0 saturated carbocycles. The van der Waals surface area contributed by atoms with E-state index in [9.17, 15) is 4.79 Å². The van der Waals surface area contributed by atoms with Gasteiger partial charge < -0.3 is 20.1 Å². The summed E-state index contributed by atoms with van der Waals surface area (Å²) in [5.41, 5.74) is 0.697. The first-order valence-electron chi connectivity index (χ1n) is 7.10. The molecular formula is C15H24N2O3. The zero-order valence-corrected chi connectivity index (χ0v) is 12.3. The third-order valence-electron chi connectivity index (χ3n) is 2.71. The van der Waals surface area contributed by atoms with E-state index in [-0.39, 0.29) is 12.6 Å². The van der Waals surface area contributed by atoms with Gasteiger partial charge in [-0.1, -0.05) is 19.9 Å². The molecule has 0 atom stereocenters. The van der Waals surface area contributed by atoms with E-state index in [0.717, 1.165) is 18.6 Å². The summed E-state index contributed by atoms with van der Waals surface area (Å²) in [6.07, 6.45) is 1.80. The minimum absolute atomic E-state index is 0.0347. The molecule has 1 rings (SSSR count). The number of anilines is 1. The molecule has 20 heavy (non-hydrogen) atoms. The number of amides is 2. The maximum Gasteiger partial charge on any atom is 0.321 e. The van der Waals surface area contributed by atoms with Crippen molar-refractivity contribution >= 4 is 11.7 Å². The van der Waals surface area contributed by atoms with Crippen LogP contribution in [0.15, 0.2) is 24.3 Å². The smallest absolute Gasteiger partial charge is 0.321 e. The highest BCUT2D eigenvalue weighted by Gasteiger charge is 2.12. The molecule has 0 bridgehead atoms. The van der Waals surface area contributed by atoms with Crippen molar-refractivity contribution in [2.75, 3.05) is 31.6 Å². The molecule has 0 aliphatic carbocycles. The number of nitrogens with one attached hydrogen (secondary N) is 1. The highest BCUT2D eigenvalue weighted by atomic mass is 16.5. The third-order valence-corrected chi connectivity index (χ3v) is 2.71. The van der Waals surface area contributed by atoms with Crippen LogP contribution in [-0.4, -0.2) is 42.3 Å². The quantitative estimate of drug-likeness (QED) is 0.769. The van der Waals surface area contributed by atoms with E-state index in [0.29, 0.717) is 25.4 Å². The number of hydrogen-bond acceptors (Lipinski definition) is 3. The molecule has 0 aromatic heterocycles. The SMILES string of the molecule is CCCOc1cccc(NC(=O)N(CCC)CCO)c1. The number of rotatable bonds is 8. The zero-order valence-electron chi connectivity index (χ0n) is 12.3. The Hall–Kier alpha value is -1.75. The molecule has 112 valence electrons. The van der Waals surface area contributed by atoms with Gasteiger partial charge >= 0.3 is 6.03 Å². The van der Waals surface area contributed by atoms with Crippen LogP contribution in [0.1, 0.15) is 26.7 Å². The topological polar surface area (TPSA) is 61.8 Å². The lowest BCUT2D eigenvalue weighted by Gasteiger charge is -2.21. The molecule has 0 unspecified atom stereocenters. The average Bonchev–Trinajstić information content (AvgIpc) is 2.45. The molecule has 5 heteroatoms. The molecule has 2 N–H and O–H groups in total. The van der Waals surface area contributed by atoms with Crippen LogP contribution < -0.4 is 10.1 Å². The van der Waals surface area contributed by atoms with Crippen LogP contribution >= 0.6 is 0 Å². The highest BCUT2D eigenvalue weighted by Crippen LogP contribution is 2.18. The summed E-state index contributed by atoms with van der Waals surface area (Å²) < 4.78 is 5.53. The summed E-state index contributed by atoms with van der Waals surface area (Å²) in [4.78, 5) is 13.7. The van der Waals surface area contributed by atoms with Crippen molar-refractivity contribution in [3.05, 3.63) is 24.3 Å². The number of aliphatic hydroxyl groups excluding tert-OH is 1. The van der Waals surface area contributed by atoms with Crippen LogP contribution in [0.4, 0.5) is 10.5 Å². The second kappa shape index (κ2) is 9.20. The van der Waals surface area contributed by atoms with Crippen molar-refractivity contribution in [2.45, 2.75) is 26.7 Å². The molecular weight excluding hydrogens is 256 g/mol. The fraction of sp³-hybridized carbons (Fsp3) is 0.533. The number of carbonyl (C=O) groups excluding carboxylic acids is 1. The molecule has 1 aromatic carbocycles. The number of aliphatic hydroxyl groups is 1. The van der Waals surface area contributed by atoms with E-state index < -0.39 is 0 Å². The Balaban J connectivity index is 2.63. The fourth-order valence-corrected chi connectivity index (χ4v) is 1.79. The number of urea groups is 1. The number of hydrogen-bond donors (Lipinski definition) is 2. The Kier molecular flexibility index (Phi) is 7.50. The molecule has 0 fully saturated rings. The van der Waals surface area contributed by atoms with Gasteiger partial charge in [-0.15, -0.1) is 0 Å².